The third-order valence-corrected chi connectivity index (χ3v) is 4.45. The molecule has 0 aliphatic carbocycles. The van der Waals surface area contributed by atoms with Gasteiger partial charge >= 0.3 is 6.03 Å². The van der Waals surface area contributed by atoms with Crippen molar-refractivity contribution in [2.75, 3.05) is 11.9 Å². The van der Waals surface area contributed by atoms with Gasteiger partial charge in [-0.15, -0.1) is 10.2 Å². The van der Waals surface area contributed by atoms with Gasteiger partial charge in [0, 0.05) is 12.0 Å². The Kier molecular flexibility index (Phi) is 5.47. The van der Waals surface area contributed by atoms with Gasteiger partial charge in [0.2, 0.25) is 5.13 Å². The average Bonchev–Trinajstić information content (AvgIpc) is 2.84. The fourth-order valence-electron chi connectivity index (χ4n) is 1.46. The molecular weight excluding hydrogens is 276 g/mol. The largest absolute Gasteiger partial charge is 0.388 e. The van der Waals surface area contributed by atoms with Crippen molar-refractivity contribution in [1.82, 2.24) is 15.5 Å². The topological polar surface area (TPSA) is 87.1 Å². The molecule has 0 saturated heterocycles. The molecule has 0 saturated carbocycles. The minimum Gasteiger partial charge on any atom is -0.388 e. The summed E-state index contributed by atoms with van der Waals surface area (Å²) in [6.45, 7) is 10.1. The number of nitrogens with zero attached hydrogens (tertiary/aromatic N) is 2. The molecule has 0 aromatic carbocycles. The lowest BCUT2D eigenvalue weighted by atomic mass is 9.98. The van der Waals surface area contributed by atoms with Crippen molar-refractivity contribution in [2.45, 2.75) is 58.5 Å². The maximum Gasteiger partial charge on any atom is 0.321 e. The molecule has 1 heterocycles. The Morgan fingerprint density at radius 3 is 2.30 bits per heavy atom. The highest BCUT2D eigenvalue weighted by Gasteiger charge is 2.23. The Labute approximate surface area is 124 Å². The van der Waals surface area contributed by atoms with E-state index in [0.29, 0.717) is 18.0 Å². The van der Waals surface area contributed by atoms with E-state index in [-0.39, 0.29) is 18.0 Å². The van der Waals surface area contributed by atoms with Crippen LogP contribution in [0.4, 0.5) is 9.93 Å². The van der Waals surface area contributed by atoms with Crippen molar-refractivity contribution < 1.29 is 9.90 Å². The molecule has 2 amide bonds. The minimum absolute atomic E-state index is 0.0846. The summed E-state index contributed by atoms with van der Waals surface area (Å²) in [6.07, 6.45) is 1.19. The highest BCUT2D eigenvalue weighted by Crippen LogP contribution is 2.27. The second kappa shape index (κ2) is 6.49. The first kappa shape index (κ1) is 16.8. The summed E-state index contributed by atoms with van der Waals surface area (Å²) in [5.41, 5.74) is -0.937. The number of anilines is 1. The first-order chi connectivity index (χ1) is 9.20. The zero-order chi connectivity index (χ0) is 15.4. The van der Waals surface area contributed by atoms with E-state index in [2.05, 4.69) is 20.8 Å². The summed E-state index contributed by atoms with van der Waals surface area (Å²) in [5.74, 6) is 0. The molecule has 0 spiro atoms. The van der Waals surface area contributed by atoms with Crippen molar-refractivity contribution in [3.8, 4) is 0 Å². The maximum atomic E-state index is 11.8. The quantitative estimate of drug-likeness (QED) is 0.779. The summed E-state index contributed by atoms with van der Waals surface area (Å²) in [7, 11) is 0. The number of amides is 2. The lowest BCUT2D eigenvalue weighted by Crippen LogP contribution is -2.43. The standard InChI is InChI=1S/C13H24N4O2S/c1-6-13(19,7-2)8-14-10(18)15-11-17-16-9(20-11)12(3,4)5/h19H,6-8H2,1-5H3,(H2,14,15,17,18). The Morgan fingerprint density at radius 2 is 1.85 bits per heavy atom. The molecule has 7 heteroatoms. The zero-order valence-electron chi connectivity index (χ0n) is 12.8. The molecule has 1 aromatic heterocycles. The molecule has 0 fully saturated rings. The fraction of sp³-hybridized carbons (Fsp3) is 0.769. The van der Waals surface area contributed by atoms with Gasteiger partial charge in [-0.05, 0) is 12.8 Å². The van der Waals surface area contributed by atoms with Crippen LogP contribution in [0.25, 0.3) is 0 Å². The predicted octanol–water partition coefficient (Wildman–Crippen LogP) is 2.51. The molecule has 0 radical (unpaired) electrons. The van der Waals surface area contributed by atoms with Crippen LogP contribution in [0.15, 0.2) is 0 Å². The molecule has 0 aliphatic heterocycles. The van der Waals surface area contributed by atoms with E-state index in [1.807, 2.05) is 34.6 Å². The van der Waals surface area contributed by atoms with Gasteiger partial charge in [-0.25, -0.2) is 4.79 Å². The third kappa shape index (κ3) is 4.72. The van der Waals surface area contributed by atoms with E-state index < -0.39 is 5.60 Å². The number of hydrogen-bond donors (Lipinski definition) is 3. The van der Waals surface area contributed by atoms with Gasteiger partial charge in [0.1, 0.15) is 5.01 Å². The van der Waals surface area contributed by atoms with Gasteiger partial charge in [-0.1, -0.05) is 46.0 Å². The van der Waals surface area contributed by atoms with Crippen LogP contribution in [0.1, 0.15) is 52.5 Å². The summed E-state index contributed by atoms with van der Waals surface area (Å²) >= 11 is 1.36. The van der Waals surface area contributed by atoms with Crippen LogP contribution in [0, 0.1) is 0 Å². The van der Waals surface area contributed by atoms with Gasteiger partial charge < -0.3 is 10.4 Å². The molecule has 20 heavy (non-hydrogen) atoms. The highest BCUT2D eigenvalue weighted by atomic mass is 32.1. The first-order valence-electron chi connectivity index (χ1n) is 6.81. The molecule has 1 aromatic rings. The summed E-state index contributed by atoms with van der Waals surface area (Å²) in [4.78, 5) is 11.8. The molecule has 0 unspecified atom stereocenters. The number of hydrogen-bond acceptors (Lipinski definition) is 5. The van der Waals surface area contributed by atoms with E-state index in [9.17, 15) is 9.90 Å². The number of carbonyl (C=O) groups is 1. The van der Waals surface area contributed by atoms with Crippen LogP contribution < -0.4 is 10.6 Å². The summed E-state index contributed by atoms with van der Waals surface area (Å²) < 4.78 is 0. The summed E-state index contributed by atoms with van der Waals surface area (Å²) in [6, 6.07) is -0.373. The van der Waals surface area contributed by atoms with Crippen LogP contribution >= 0.6 is 11.3 Å². The molecule has 6 nitrogen and oxygen atoms in total. The van der Waals surface area contributed by atoms with E-state index >= 15 is 0 Å². The van der Waals surface area contributed by atoms with Crippen LogP contribution in [0.3, 0.4) is 0 Å². The molecule has 3 N–H and O–H groups in total. The van der Waals surface area contributed by atoms with Crippen LogP contribution in [-0.2, 0) is 5.41 Å². The predicted molar refractivity (Wildman–Crippen MR) is 81.2 cm³/mol. The van der Waals surface area contributed by atoms with E-state index in [0.717, 1.165) is 5.01 Å². The molecule has 0 atom stereocenters. The van der Waals surface area contributed by atoms with E-state index in [1.165, 1.54) is 11.3 Å². The number of aromatic nitrogens is 2. The van der Waals surface area contributed by atoms with Crippen molar-refractivity contribution >= 4 is 22.5 Å². The SMILES string of the molecule is CCC(O)(CC)CNC(=O)Nc1nnc(C(C)(C)C)s1. The normalized spacial score (nSPS) is 12.3. The fourth-order valence-corrected chi connectivity index (χ4v) is 2.26. The Balaban J connectivity index is 2.53. The number of aliphatic hydroxyl groups is 1. The molecule has 1 rings (SSSR count). The molecule has 0 bridgehead atoms. The van der Waals surface area contributed by atoms with Gasteiger partial charge in [0.15, 0.2) is 0 Å². The van der Waals surface area contributed by atoms with Gasteiger partial charge in [0.25, 0.3) is 0 Å². The van der Waals surface area contributed by atoms with Crippen LogP contribution in [0.2, 0.25) is 0 Å². The van der Waals surface area contributed by atoms with E-state index in [1.54, 1.807) is 0 Å². The van der Waals surface area contributed by atoms with Gasteiger partial charge in [0.05, 0.1) is 5.60 Å². The second-order valence-electron chi connectivity index (χ2n) is 5.90. The average molecular weight is 300 g/mol. The second-order valence-corrected chi connectivity index (χ2v) is 6.88. The first-order valence-corrected chi connectivity index (χ1v) is 7.63. The van der Waals surface area contributed by atoms with Gasteiger partial charge in [-0.3, -0.25) is 5.32 Å². The highest BCUT2D eigenvalue weighted by molar-refractivity contribution is 7.15. The van der Waals surface area contributed by atoms with Crippen molar-refractivity contribution in [1.29, 1.82) is 0 Å². The number of rotatable bonds is 5. The molecule has 114 valence electrons. The van der Waals surface area contributed by atoms with Crippen molar-refractivity contribution in [3.63, 3.8) is 0 Å². The van der Waals surface area contributed by atoms with E-state index in [4.69, 9.17) is 0 Å². The molecular formula is C13H24N4O2S. The van der Waals surface area contributed by atoms with Gasteiger partial charge in [-0.2, -0.15) is 0 Å². The Morgan fingerprint density at radius 1 is 1.25 bits per heavy atom. The molecule has 0 aliphatic rings. The zero-order valence-corrected chi connectivity index (χ0v) is 13.6. The minimum atomic E-state index is -0.852. The van der Waals surface area contributed by atoms with Crippen LogP contribution in [-0.4, -0.2) is 33.5 Å². The van der Waals surface area contributed by atoms with Crippen molar-refractivity contribution in [3.05, 3.63) is 5.01 Å². The number of urea groups is 1. The number of nitrogens with one attached hydrogen (secondary N) is 2. The Bertz CT molecular complexity index is 449. The third-order valence-electron chi connectivity index (χ3n) is 3.18. The summed E-state index contributed by atoms with van der Waals surface area (Å²) in [5, 5.41) is 24.7. The number of carbonyl (C=O) groups excluding carboxylic acids is 1. The smallest absolute Gasteiger partial charge is 0.321 e. The Hall–Kier alpha value is -1.21. The maximum absolute atomic E-state index is 11.8. The lowest BCUT2D eigenvalue weighted by molar-refractivity contribution is 0.0354. The van der Waals surface area contributed by atoms with Crippen LogP contribution in [0.5, 0.6) is 0 Å². The van der Waals surface area contributed by atoms with Crippen molar-refractivity contribution in [2.24, 2.45) is 0 Å². The monoisotopic (exact) mass is 300 g/mol. The lowest BCUT2D eigenvalue weighted by Gasteiger charge is -2.25.